The maximum Gasteiger partial charge on any atom is 0.159 e. The largest absolute Gasteiger partial charge is 0.376 e. The Morgan fingerprint density at radius 2 is 2.12 bits per heavy atom. The van der Waals surface area contributed by atoms with Crippen LogP contribution in [-0.4, -0.2) is 19.8 Å². The van der Waals surface area contributed by atoms with Crippen LogP contribution in [-0.2, 0) is 4.74 Å². The molecule has 1 aromatic carbocycles. The van der Waals surface area contributed by atoms with E-state index in [9.17, 15) is 8.78 Å². The van der Waals surface area contributed by atoms with Crippen molar-refractivity contribution in [3.8, 4) is 0 Å². The van der Waals surface area contributed by atoms with Gasteiger partial charge in [0.15, 0.2) is 11.6 Å². The van der Waals surface area contributed by atoms with E-state index in [0.29, 0.717) is 0 Å². The van der Waals surface area contributed by atoms with Crippen LogP contribution >= 0.6 is 0 Å². The van der Waals surface area contributed by atoms with E-state index in [1.807, 2.05) is 7.05 Å². The fourth-order valence-electron chi connectivity index (χ4n) is 2.30. The summed E-state index contributed by atoms with van der Waals surface area (Å²) in [7, 11) is 1.81. The van der Waals surface area contributed by atoms with Gasteiger partial charge in [0.1, 0.15) is 0 Å². The third kappa shape index (κ3) is 2.82. The molecule has 1 fully saturated rings. The van der Waals surface area contributed by atoms with Crippen molar-refractivity contribution < 1.29 is 13.5 Å². The fraction of sp³-hybridized carbons (Fsp3) is 0.538. The molecule has 2 rings (SSSR count). The summed E-state index contributed by atoms with van der Waals surface area (Å²) in [6.45, 7) is 0.743. The molecule has 17 heavy (non-hydrogen) atoms. The zero-order valence-corrected chi connectivity index (χ0v) is 9.88. The molecular weight excluding hydrogens is 224 g/mol. The summed E-state index contributed by atoms with van der Waals surface area (Å²) in [6.07, 6.45) is 3.18. The summed E-state index contributed by atoms with van der Waals surface area (Å²) in [5.41, 5.74) is 0.735. The molecule has 4 heteroatoms. The predicted molar refractivity (Wildman–Crippen MR) is 61.7 cm³/mol. The van der Waals surface area contributed by atoms with Crippen molar-refractivity contribution in [2.75, 3.05) is 13.7 Å². The van der Waals surface area contributed by atoms with Crippen molar-refractivity contribution in [2.45, 2.75) is 31.4 Å². The molecule has 1 saturated heterocycles. The Hall–Kier alpha value is -1.00. The van der Waals surface area contributed by atoms with E-state index in [0.717, 1.165) is 37.5 Å². The molecule has 0 amide bonds. The first-order valence-electron chi connectivity index (χ1n) is 5.96. The highest BCUT2D eigenvalue weighted by molar-refractivity contribution is 5.22. The van der Waals surface area contributed by atoms with Crippen molar-refractivity contribution in [2.24, 2.45) is 0 Å². The lowest BCUT2D eigenvalue weighted by atomic mass is 9.96. The lowest BCUT2D eigenvalue weighted by Gasteiger charge is -2.30. The highest BCUT2D eigenvalue weighted by Gasteiger charge is 2.25. The van der Waals surface area contributed by atoms with Crippen LogP contribution in [0.2, 0.25) is 0 Å². The molecule has 1 N–H and O–H groups in total. The molecule has 1 aliphatic heterocycles. The van der Waals surface area contributed by atoms with Crippen LogP contribution in [0.5, 0.6) is 0 Å². The van der Waals surface area contributed by atoms with Gasteiger partial charge in [-0.2, -0.15) is 0 Å². The van der Waals surface area contributed by atoms with Gasteiger partial charge >= 0.3 is 0 Å². The smallest absolute Gasteiger partial charge is 0.159 e. The van der Waals surface area contributed by atoms with E-state index < -0.39 is 11.6 Å². The third-order valence-electron chi connectivity index (χ3n) is 3.20. The summed E-state index contributed by atoms with van der Waals surface area (Å²) < 4.78 is 31.8. The molecule has 1 aromatic rings. The van der Waals surface area contributed by atoms with E-state index in [2.05, 4.69) is 5.32 Å². The van der Waals surface area contributed by atoms with Gasteiger partial charge in [0.25, 0.3) is 0 Å². The number of hydrogen-bond donors (Lipinski definition) is 1. The first kappa shape index (κ1) is 12.5. The van der Waals surface area contributed by atoms with Gasteiger partial charge in [0, 0.05) is 6.61 Å². The molecule has 2 atom stereocenters. The molecule has 2 nitrogen and oxygen atoms in total. The summed E-state index contributed by atoms with van der Waals surface area (Å²) in [4.78, 5) is 0. The molecule has 0 saturated carbocycles. The number of halogens is 2. The second-order valence-corrected chi connectivity index (χ2v) is 4.34. The van der Waals surface area contributed by atoms with Crippen LogP contribution < -0.4 is 5.32 Å². The first-order chi connectivity index (χ1) is 8.22. The van der Waals surface area contributed by atoms with Gasteiger partial charge in [-0.05, 0) is 44.0 Å². The summed E-state index contributed by atoms with van der Waals surface area (Å²) in [5, 5.41) is 3.12. The number of hydrogen-bond acceptors (Lipinski definition) is 2. The highest BCUT2D eigenvalue weighted by atomic mass is 19.2. The van der Waals surface area contributed by atoms with Gasteiger partial charge in [0.05, 0.1) is 12.1 Å². The normalized spacial score (nSPS) is 22.4. The molecule has 0 bridgehead atoms. The molecule has 0 spiro atoms. The maximum absolute atomic E-state index is 13.2. The second-order valence-electron chi connectivity index (χ2n) is 4.34. The number of nitrogens with one attached hydrogen (secondary N) is 1. The monoisotopic (exact) mass is 241 g/mol. The molecule has 94 valence electrons. The van der Waals surface area contributed by atoms with Crippen LogP contribution in [0.15, 0.2) is 18.2 Å². The highest BCUT2D eigenvalue weighted by Crippen LogP contribution is 2.27. The van der Waals surface area contributed by atoms with E-state index in [1.54, 1.807) is 6.07 Å². The Morgan fingerprint density at radius 1 is 1.29 bits per heavy atom. The lowest BCUT2D eigenvalue weighted by molar-refractivity contribution is -0.00668. The summed E-state index contributed by atoms with van der Waals surface area (Å²) >= 11 is 0. The van der Waals surface area contributed by atoms with Crippen LogP contribution in [0.3, 0.4) is 0 Å². The number of rotatable bonds is 3. The molecular formula is C13H17F2NO. The summed E-state index contributed by atoms with van der Waals surface area (Å²) in [6, 6.07) is 3.94. The Kier molecular flexibility index (Phi) is 4.07. The van der Waals surface area contributed by atoms with Gasteiger partial charge in [0.2, 0.25) is 0 Å². The number of likely N-dealkylation sites (N-methyl/N-ethyl adjacent to an activating group) is 1. The van der Waals surface area contributed by atoms with Crippen LogP contribution in [0.25, 0.3) is 0 Å². The average Bonchev–Trinajstić information content (AvgIpc) is 2.36. The van der Waals surface area contributed by atoms with Gasteiger partial charge in [-0.3, -0.25) is 0 Å². The standard InChI is InChI=1S/C13H17F2NO/c1-16-13(12-4-2-3-7-17-12)9-5-6-10(14)11(15)8-9/h5-6,8,12-13,16H,2-4,7H2,1H3. The third-order valence-corrected chi connectivity index (χ3v) is 3.20. The van der Waals surface area contributed by atoms with Gasteiger partial charge in [-0.15, -0.1) is 0 Å². The first-order valence-corrected chi connectivity index (χ1v) is 5.96. The average molecular weight is 241 g/mol. The maximum atomic E-state index is 13.2. The van der Waals surface area contributed by atoms with Gasteiger partial charge < -0.3 is 10.1 Å². The summed E-state index contributed by atoms with van der Waals surface area (Å²) in [5.74, 6) is -1.62. The van der Waals surface area contributed by atoms with E-state index in [-0.39, 0.29) is 12.1 Å². The van der Waals surface area contributed by atoms with Crippen molar-refractivity contribution in [3.63, 3.8) is 0 Å². The zero-order chi connectivity index (χ0) is 12.3. The predicted octanol–water partition coefficient (Wildman–Crippen LogP) is 2.79. The van der Waals surface area contributed by atoms with E-state index in [4.69, 9.17) is 4.74 Å². The molecule has 0 radical (unpaired) electrons. The second kappa shape index (κ2) is 5.56. The minimum atomic E-state index is -0.812. The molecule has 0 aliphatic carbocycles. The van der Waals surface area contributed by atoms with Crippen LogP contribution in [0.4, 0.5) is 8.78 Å². The SMILES string of the molecule is CNC(c1ccc(F)c(F)c1)C1CCCCO1. The zero-order valence-electron chi connectivity index (χ0n) is 9.88. The lowest BCUT2D eigenvalue weighted by Crippen LogP contribution is -2.34. The van der Waals surface area contributed by atoms with E-state index in [1.165, 1.54) is 6.07 Å². The van der Waals surface area contributed by atoms with Crippen molar-refractivity contribution in [3.05, 3.63) is 35.4 Å². The Balaban J connectivity index is 2.18. The van der Waals surface area contributed by atoms with Crippen molar-refractivity contribution >= 4 is 0 Å². The fourth-order valence-corrected chi connectivity index (χ4v) is 2.30. The minimum absolute atomic E-state index is 0.0404. The Bertz CT molecular complexity index is 378. The van der Waals surface area contributed by atoms with Crippen molar-refractivity contribution in [1.82, 2.24) is 5.32 Å². The minimum Gasteiger partial charge on any atom is -0.376 e. The molecule has 0 aromatic heterocycles. The number of ether oxygens (including phenoxy) is 1. The van der Waals surface area contributed by atoms with E-state index >= 15 is 0 Å². The van der Waals surface area contributed by atoms with Crippen molar-refractivity contribution in [1.29, 1.82) is 0 Å². The topological polar surface area (TPSA) is 21.3 Å². The van der Waals surface area contributed by atoms with Gasteiger partial charge in [-0.25, -0.2) is 8.78 Å². The quantitative estimate of drug-likeness (QED) is 0.878. The molecule has 1 aliphatic rings. The molecule has 1 heterocycles. The Morgan fingerprint density at radius 3 is 2.71 bits per heavy atom. The molecule has 2 unspecified atom stereocenters. The van der Waals surface area contributed by atoms with Crippen LogP contribution in [0, 0.1) is 11.6 Å². The van der Waals surface area contributed by atoms with Gasteiger partial charge in [-0.1, -0.05) is 6.07 Å². The Labute approximate surface area is 100.0 Å². The van der Waals surface area contributed by atoms with Crippen LogP contribution in [0.1, 0.15) is 30.9 Å². The number of benzene rings is 1.